The number of nitrogens with one attached hydrogen (secondary N) is 1. The number of fused-ring (bicyclic) bond motifs is 1. The Morgan fingerprint density at radius 2 is 1.79 bits per heavy atom. The van der Waals surface area contributed by atoms with Gasteiger partial charge in [0.25, 0.3) is 0 Å². The molecule has 5 rings (SSSR count). The molecule has 2 N–H and O–H groups in total. The van der Waals surface area contributed by atoms with Crippen molar-refractivity contribution in [2.45, 2.75) is 19.0 Å². The molecule has 1 atom stereocenters. The summed E-state index contributed by atoms with van der Waals surface area (Å²) >= 11 is 0. The third-order valence-electron chi connectivity index (χ3n) is 6.62. The van der Waals surface area contributed by atoms with E-state index in [1.807, 2.05) is 17.0 Å². The summed E-state index contributed by atoms with van der Waals surface area (Å²) in [5, 5.41) is 22.7. The van der Waals surface area contributed by atoms with Crippen LogP contribution >= 0.6 is 0 Å². The number of piperazine rings is 1. The number of benzene rings is 2. The molecule has 10 heteroatoms. The average Bonchev–Trinajstić information content (AvgIpc) is 3.50. The Morgan fingerprint density at radius 3 is 2.59 bits per heavy atom. The molecule has 3 heterocycles. The predicted octanol–water partition coefficient (Wildman–Crippen LogP) is 0.926. The molecule has 182 valence electrons. The highest BCUT2D eigenvalue weighted by Crippen LogP contribution is 2.32. The number of hydrazine groups is 1. The minimum absolute atomic E-state index is 0.0747. The van der Waals surface area contributed by atoms with E-state index < -0.39 is 0 Å². The SMILES string of the molecule is O=C(CN1CC[C@@H](N(O)Nc2ccc([O-])cc2)C1)N1CCN(Cc2ccc3c(c2)OCO3)CC1. The summed E-state index contributed by atoms with van der Waals surface area (Å²) in [6, 6.07) is 12.1. The van der Waals surface area contributed by atoms with Crippen LogP contribution in [0.2, 0.25) is 0 Å². The van der Waals surface area contributed by atoms with Crippen LogP contribution < -0.4 is 20.0 Å². The molecule has 0 bridgehead atoms. The average molecular weight is 469 g/mol. The molecule has 3 aliphatic rings. The van der Waals surface area contributed by atoms with Gasteiger partial charge in [0.1, 0.15) is 0 Å². The van der Waals surface area contributed by atoms with Crippen molar-refractivity contribution >= 4 is 11.6 Å². The highest BCUT2D eigenvalue weighted by molar-refractivity contribution is 5.78. The molecular weight excluding hydrogens is 438 g/mol. The Morgan fingerprint density at radius 1 is 1.03 bits per heavy atom. The number of anilines is 1. The van der Waals surface area contributed by atoms with E-state index in [1.165, 1.54) is 17.7 Å². The smallest absolute Gasteiger partial charge is 0.236 e. The van der Waals surface area contributed by atoms with Gasteiger partial charge in [-0.25, -0.2) is 0 Å². The zero-order valence-electron chi connectivity index (χ0n) is 19.1. The second kappa shape index (κ2) is 10.1. The van der Waals surface area contributed by atoms with Crippen molar-refractivity contribution in [3.05, 3.63) is 48.0 Å². The normalized spacial score (nSPS) is 20.8. The highest BCUT2D eigenvalue weighted by atomic mass is 16.7. The summed E-state index contributed by atoms with van der Waals surface area (Å²) in [5.41, 5.74) is 4.72. The Labute approximate surface area is 198 Å². The molecule has 0 aromatic heterocycles. The van der Waals surface area contributed by atoms with E-state index in [-0.39, 0.29) is 24.5 Å². The van der Waals surface area contributed by atoms with E-state index in [9.17, 15) is 15.1 Å². The topological polar surface area (TPSA) is 104 Å². The summed E-state index contributed by atoms with van der Waals surface area (Å²) in [4.78, 5) is 19.2. The van der Waals surface area contributed by atoms with E-state index in [1.54, 1.807) is 12.1 Å². The van der Waals surface area contributed by atoms with Crippen molar-refractivity contribution in [1.82, 2.24) is 19.9 Å². The Kier molecular flexibility index (Phi) is 6.73. The number of hydrogen-bond acceptors (Lipinski definition) is 9. The van der Waals surface area contributed by atoms with Gasteiger partial charge in [0, 0.05) is 45.8 Å². The highest BCUT2D eigenvalue weighted by Gasteiger charge is 2.30. The van der Waals surface area contributed by atoms with Crippen molar-refractivity contribution in [3.8, 4) is 17.2 Å². The van der Waals surface area contributed by atoms with Crippen LogP contribution in [0.25, 0.3) is 0 Å². The van der Waals surface area contributed by atoms with Crippen LogP contribution in [-0.2, 0) is 11.3 Å². The van der Waals surface area contributed by atoms with E-state index >= 15 is 0 Å². The molecule has 2 aromatic carbocycles. The van der Waals surface area contributed by atoms with E-state index in [0.717, 1.165) is 49.3 Å². The first-order chi connectivity index (χ1) is 16.5. The number of amides is 1. The third-order valence-corrected chi connectivity index (χ3v) is 6.62. The fraction of sp³-hybridized carbons (Fsp3) is 0.458. The molecule has 0 aliphatic carbocycles. The lowest BCUT2D eigenvalue weighted by Gasteiger charge is -2.35. The van der Waals surface area contributed by atoms with Crippen molar-refractivity contribution in [2.75, 3.05) is 58.0 Å². The molecule has 10 nitrogen and oxygen atoms in total. The standard InChI is InChI=1S/C24H31N5O5/c30-21-4-2-19(3-5-21)25-29(32)20-7-8-27(15-20)16-24(31)28-11-9-26(10-12-28)14-18-1-6-22-23(13-18)34-17-33-22/h1-6,13,20,25,30,32H,7-12,14-17H2/p-1/t20-/m1/s1. The summed E-state index contributed by atoms with van der Waals surface area (Å²) in [6.07, 6.45) is 0.750. The third kappa shape index (κ3) is 5.36. The molecule has 0 radical (unpaired) electrons. The van der Waals surface area contributed by atoms with Crippen molar-refractivity contribution in [2.24, 2.45) is 0 Å². The number of carbonyl (C=O) groups excluding carboxylic acids is 1. The van der Waals surface area contributed by atoms with Gasteiger partial charge in [-0.05, 0) is 36.2 Å². The zero-order chi connectivity index (χ0) is 23.5. The van der Waals surface area contributed by atoms with Crippen LogP contribution in [0.15, 0.2) is 42.5 Å². The van der Waals surface area contributed by atoms with Gasteiger partial charge in [-0.3, -0.25) is 25.2 Å². The van der Waals surface area contributed by atoms with Crippen molar-refractivity contribution in [3.63, 3.8) is 0 Å². The van der Waals surface area contributed by atoms with Crippen LogP contribution in [0, 0.1) is 0 Å². The molecule has 2 saturated heterocycles. The Balaban J connectivity index is 1.04. The number of hydroxylamine groups is 1. The van der Waals surface area contributed by atoms with E-state index in [4.69, 9.17) is 9.47 Å². The van der Waals surface area contributed by atoms with Crippen LogP contribution in [0.1, 0.15) is 12.0 Å². The van der Waals surface area contributed by atoms with Crippen molar-refractivity contribution in [1.29, 1.82) is 0 Å². The lowest BCUT2D eigenvalue weighted by atomic mass is 10.1. The Hall–Kier alpha value is -3.05. The number of rotatable bonds is 7. The molecule has 0 spiro atoms. The van der Waals surface area contributed by atoms with Crippen molar-refractivity contribution < 1.29 is 24.6 Å². The maximum atomic E-state index is 12.9. The first kappa shape index (κ1) is 22.7. The zero-order valence-corrected chi connectivity index (χ0v) is 19.1. The number of ether oxygens (including phenoxy) is 2. The van der Waals surface area contributed by atoms with Crippen LogP contribution in [0.3, 0.4) is 0 Å². The molecule has 2 aromatic rings. The quantitative estimate of drug-likeness (QED) is 0.574. The maximum Gasteiger partial charge on any atom is 0.236 e. The molecule has 2 fully saturated rings. The van der Waals surface area contributed by atoms with Gasteiger partial charge in [0.2, 0.25) is 12.7 Å². The van der Waals surface area contributed by atoms with E-state index in [2.05, 4.69) is 21.3 Å². The molecule has 0 saturated carbocycles. The summed E-state index contributed by atoms with van der Waals surface area (Å²) < 4.78 is 10.8. The molecule has 1 amide bonds. The minimum atomic E-state index is -0.127. The van der Waals surface area contributed by atoms with Crippen LogP contribution in [0.4, 0.5) is 5.69 Å². The lowest BCUT2D eigenvalue weighted by Crippen LogP contribution is -2.51. The van der Waals surface area contributed by atoms with Crippen LogP contribution in [0.5, 0.6) is 17.2 Å². The molecule has 3 aliphatic heterocycles. The molecule has 34 heavy (non-hydrogen) atoms. The molecule has 0 unspecified atom stereocenters. The maximum absolute atomic E-state index is 12.9. The number of hydrogen-bond donors (Lipinski definition) is 2. The van der Waals surface area contributed by atoms with Gasteiger partial charge in [0.15, 0.2) is 11.5 Å². The van der Waals surface area contributed by atoms with Gasteiger partial charge in [-0.1, -0.05) is 18.2 Å². The lowest BCUT2D eigenvalue weighted by molar-refractivity contribution is -0.268. The van der Waals surface area contributed by atoms with Gasteiger partial charge >= 0.3 is 0 Å². The van der Waals surface area contributed by atoms with E-state index in [0.29, 0.717) is 31.9 Å². The largest absolute Gasteiger partial charge is 0.872 e. The fourth-order valence-corrected chi connectivity index (χ4v) is 4.65. The fourth-order valence-electron chi connectivity index (χ4n) is 4.65. The van der Waals surface area contributed by atoms with Gasteiger partial charge in [-0.2, -0.15) is 0 Å². The van der Waals surface area contributed by atoms with Gasteiger partial charge in [0.05, 0.1) is 18.3 Å². The number of carbonyl (C=O) groups is 1. The number of nitrogens with zero attached hydrogens (tertiary/aromatic N) is 4. The van der Waals surface area contributed by atoms with Gasteiger partial charge < -0.3 is 19.5 Å². The summed E-state index contributed by atoms with van der Waals surface area (Å²) in [6.45, 7) is 5.89. The first-order valence-corrected chi connectivity index (χ1v) is 11.7. The first-order valence-electron chi connectivity index (χ1n) is 11.7. The Bertz CT molecular complexity index is 996. The second-order valence-electron chi connectivity index (χ2n) is 9.00. The summed E-state index contributed by atoms with van der Waals surface area (Å²) in [7, 11) is 0. The van der Waals surface area contributed by atoms with Crippen LogP contribution in [-0.4, -0.2) is 89.6 Å². The number of likely N-dealkylation sites (tertiary alicyclic amines) is 1. The molecular formula is C24H30N5O5-. The predicted molar refractivity (Wildman–Crippen MR) is 122 cm³/mol. The van der Waals surface area contributed by atoms with Gasteiger partial charge in [-0.15, -0.1) is 10.9 Å². The summed E-state index contributed by atoms with van der Waals surface area (Å²) in [5.74, 6) is 1.65. The second-order valence-corrected chi connectivity index (χ2v) is 9.00. The monoisotopic (exact) mass is 468 g/mol. The minimum Gasteiger partial charge on any atom is -0.872 e.